The number of imidazole rings is 1. The number of hydrogen-bond donors (Lipinski definition) is 5. The minimum Gasteiger partial charge on any atom is -0.334 e. The van der Waals surface area contributed by atoms with Crippen LogP contribution in [0.2, 0.25) is 0 Å². The predicted molar refractivity (Wildman–Crippen MR) is 81.1 cm³/mol. The molecule has 0 atom stereocenters. The first kappa shape index (κ1) is 16.8. The van der Waals surface area contributed by atoms with Gasteiger partial charge in [0.05, 0.1) is 5.69 Å². The summed E-state index contributed by atoms with van der Waals surface area (Å²) < 4.78 is 22.5. The number of nitrogens with one attached hydrogen (secondary N) is 1. The van der Waals surface area contributed by atoms with E-state index in [1.807, 2.05) is 30.3 Å². The van der Waals surface area contributed by atoms with Gasteiger partial charge in [-0.1, -0.05) is 42.5 Å². The molecule has 0 amide bonds. The third kappa shape index (κ3) is 4.24. The quantitative estimate of drug-likeness (QED) is 0.490. The fourth-order valence-corrected chi connectivity index (χ4v) is 3.10. The van der Waals surface area contributed by atoms with Crippen LogP contribution in [-0.2, 0) is 15.6 Å². The van der Waals surface area contributed by atoms with E-state index >= 15 is 0 Å². The Morgan fingerprint density at radius 3 is 2.23 bits per heavy atom. The number of allylic oxidation sites excluding steroid dienone is 1. The highest BCUT2D eigenvalue weighted by Crippen LogP contribution is 2.36. The van der Waals surface area contributed by atoms with Gasteiger partial charge in [-0.05, 0) is 5.56 Å². The Balaban J connectivity index is 2.30. The summed E-state index contributed by atoms with van der Waals surface area (Å²) in [5.41, 5.74) is -0.550. The number of nitrogens with zero attached hydrogens (tertiary/aromatic N) is 1. The summed E-state index contributed by atoms with van der Waals surface area (Å²) in [6.07, 6.45) is 3.38. The van der Waals surface area contributed by atoms with Crippen LogP contribution in [0.1, 0.15) is 11.3 Å². The second-order valence-electron chi connectivity index (χ2n) is 4.47. The number of rotatable bonds is 5. The summed E-state index contributed by atoms with van der Waals surface area (Å²) in [6.45, 7) is 0. The van der Waals surface area contributed by atoms with Crippen molar-refractivity contribution in [2.24, 2.45) is 0 Å². The van der Waals surface area contributed by atoms with Gasteiger partial charge in [-0.25, -0.2) is 4.98 Å². The van der Waals surface area contributed by atoms with Crippen molar-refractivity contribution in [3.8, 4) is 0 Å². The minimum absolute atomic E-state index is 0.0289. The maximum Gasteiger partial charge on any atom is 0.391 e. The van der Waals surface area contributed by atoms with Crippen LogP contribution < -0.4 is 11.0 Å². The van der Waals surface area contributed by atoms with Crippen molar-refractivity contribution in [1.82, 2.24) is 9.97 Å². The van der Waals surface area contributed by atoms with Gasteiger partial charge >= 0.3 is 15.2 Å². The Hall–Kier alpha value is -1.53. The Morgan fingerprint density at radius 2 is 1.68 bits per heavy atom. The number of benzene rings is 1. The second kappa shape index (κ2) is 6.30. The predicted octanol–water partition coefficient (Wildman–Crippen LogP) is 0.272. The molecule has 0 bridgehead atoms. The van der Waals surface area contributed by atoms with Gasteiger partial charge in [0, 0.05) is 6.42 Å². The molecule has 0 unspecified atom stereocenters. The molecule has 0 fully saturated rings. The van der Waals surface area contributed by atoms with Crippen molar-refractivity contribution >= 4 is 32.3 Å². The molecule has 0 spiro atoms. The molecule has 22 heavy (non-hydrogen) atoms. The number of aromatic amines is 1. The van der Waals surface area contributed by atoms with E-state index in [0.717, 1.165) is 5.56 Å². The highest BCUT2D eigenvalue weighted by Gasteiger charge is 2.31. The molecule has 0 aliphatic carbocycles. The van der Waals surface area contributed by atoms with Gasteiger partial charge in [0.1, 0.15) is 0 Å². The number of H-pyrrole nitrogens is 1. The summed E-state index contributed by atoms with van der Waals surface area (Å²) in [5.74, 6) is 0. The Labute approximate surface area is 125 Å². The first-order valence-corrected chi connectivity index (χ1v) is 9.33. The van der Waals surface area contributed by atoms with Gasteiger partial charge in [0.2, 0.25) is 5.57 Å². The molecule has 5 N–H and O–H groups in total. The molecule has 1 aromatic heterocycles. The second-order valence-corrected chi connectivity index (χ2v) is 7.49. The average molecular weight is 344 g/mol. The SMILES string of the molecule is O=P(O)(O)c1nc(P(=O)(O)O)c(CC=Cc2ccccc2)[nH]1. The molecule has 8 nitrogen and oxygen atoms in total. The molecule has 0 aliphatic heterocycles. The van der Waals surface area contributed by atoms with Crippen LogP contribution in [0.3, 0.4) is 0 Å². The lowest BCUT2D eigenvalue weighted by Gasteiger charge is -2.01. The maximum atomic E-state index is 11.4. The standard InChI is InChI=1S/C12H14N2O6P2/c15-21(16,17)11-10(13-12(14-11)22(18,19)20)8-4-7-9-5-2-1-3-6-9/h1-7H,8H2,(H,13,14)(H2,15,16,17)(H2,18,19,20). The van der Waals surface area contributed by atoms with Crippen LogP contribution >= 0.6 is 15.2 Å². The van der Waals surface area contributed by atoms with Crippen LogP contribution in [0.5, 0.6) is 0 Å². The van der Waals surface area contributed by atoms with Crippen molar-refractivity contribution in [2.75, 3.05) is 0 Å². The van der Waals surface area contributed by atoms with E-state index in [4.69, 9.17) is 9.79 Å². The van der Waals surface area contributed by atoms with E-state index < -0.39 is 26.2 Å². The molecule has 2 rings (SSSR count). The maximum absolute atomic E-state index is 11.4. The first-order chi connectivity index (χ1) is 10.2. The first-order valence-electron chi connectivity index (χ1n) is 6.10. The third-order valence-corrected chi connectivity index (χ3v) is 4.41. The monoisotopic (exact) mass is 344 g/mol. The van der Waals surface area contributed by atoms with E-state index in [-0.39, 0.29) is 12.1 Å². The normalized spacial score (nSPS) is 12.9. The fraction of sp³-hybridized carbons (Fsp3) is 0.0833. The fourth-order valence-electron chi connectivity index (χ4n) is 1.78. The van der Waals surface area contributed by atoms with Gasteiger partial charge in [0.25, 0.3) is 0 Å². The lowest BCUT2D eigenvalue weighted by atomic mass is 10.2. The van der Waals surface area contributed by atoms with Gasteiger partial charge in [0.15, 0.2) is 5.44 Å². The molecule has 0 aliphatic rings. The Kier molecular flexibility index (Phi) is 4.82. The molecule has 0 saturated carbocycles. The van der Waals surface area contributed by atoms with Crippen molar-refractivity contribution in [3.05, 3.63) is 47.7 Å². The summed E-state index contributed by atoms with van der Waals surface area (Å²) in [5, 5.41) is 0. The molecule has 10 heteroatoms. The van der Waals surface area contributed by atoms with Crippen LogP contribution in [0.15, 0.2) is 36.4 Å². The molecule has 1 heterocycles. The minimum atomic E-state index is -4.74. The highest BCUT2D eigenvalue weighted by molar-refractivity contribution is 7.61. The van der Waals surface area contributed by atoms with E-state index in [2.05, 4.69) is 9.97 Å². The van der Waals surface area contributed by atoms with E-state index in [0.29, 0.717) is 0 Å². The molecule has 118 valence electrons. The summed E-state index contributed by atoms with van der Waals surface area (Å²) >= 11 is 0. The molecular weight excluding hydrogens is 330 g/mol. The lowest BCUT2D eigenvalue weighted by Crippen LogP contribution is -2.14. The lowest BCUT2D eigenvalue weighted by molar-refractivity contribution is 0.385. The van der Waals surface area contributed by atoms with Crippen molar-refractivity contribution < 1.29 is 28.7 Å². The van der Waals surface area contributed by atoms with Gasteiger partial charge in [-0.15, -0.1) is 0 Å². The summed E-state index contributed by atoms with van der Waals surface area (Å²) in [7, 11) is -9.45. The van der Waals surface area contributed by atoms with Crippen LogP contribution in [0, 0.1) is 0 Å². The van der Waals surface area contributed by atoms with Crippen LogP contribution in [0.25, 0.3) is 6.08 Å². The van der Waals surface area contributed by atoms with Crippen molar-refractivity contribution in [1.29, 1.82) is 0 Å². The van der Waals surface area contributed by atoms with Gasteiger partial charge in [-0.2, -0.15) is 0 Å². The zero-order chi connectivity index (χ0) is 16.4. The van der Waals surface area contributed by atoms with Crippen molar-refractivity contribution in [2.45, 2.75) is 6.42 Å². The molecule has 0 saturated heterocycles. The summed E-state index contributed by atoms with van der Waals surface area (Å²) in [6, 6.07) is 9.21. The van der Waals surface area contributed by atoms with Crippen LogP contribution in [-0.4, -0.2) is 29.5 Å². The van der Waals surface area contributed by atoms with Crippen molar-refractivity contribution in [3.63, 3.8) is 0 Å². The Morgan fingerprint density at radius 1 is 1.05 bits per heavy atom. The van der Waals surface area contributed by atoms with Gasteiger partial charge < -0.3 is 24.6 Å². The van der Waals surface area contributed by atoms with Crippen LogP contribution in [0.4, 0.5) is 0 Å². The zero-order valence-corrected chi connectivity index (χ0v) is 13.0. The molecular formula is C12H14N2O6P2. The number of hydrogen-bond acceptors (Lipinski definition) is 3. The molecule has 1 aromatic carbocycles. The molecule has 2 aromatic rings. The van der Waals surface area contributed by atoms with Gasteiger partial charge in [-0.3, -0.25) is 9.13 Å². The smallest absolute Gasteiger partial charge is 0.334 e. The van der Waals surface area contributed by atoms with E-state index in [1.54, 1.807) is 12.2 Å². The topological polar surface area (TPSA) is 144 Å². The number of aromatic nitrogens is 2. The molecule has 0 radical (unpaired) electrons. The highest BCUT2D eigenvalue weighted by atomic mass is 31.2. The Bertz CT molecular complexity index is 774. The van der Waals surface area contributed by atoms with E-state index in [9.17, 15) is 18.9 Å². The zero-order valence-electron chi connectivity index (χ0n) is 11.2. The van der Waals surface area contributed by atoms with E-state index in [1.165, 1.54) is 0 Å². The average Bonchev–Trinajstić information content (AvgIpc) is 2.84. The third-order valence-electron chi connectivity index (χ3n) is 2.73. The largest absolute Gasteiger partial charge is 0.391 e. The summed E-state index contributed by atoms with van der Waals surface area (Å²) in [4.78, 5) is 42.2.